The van der Waals surface area contributed by atoms with Gasteiger partial charge in [0.05, 0.1) is 0 Å². The number of ether oxygens (including phenoxy) is 1. The number of rotatable bonds is 9. The van der Waals surface area contributed by atoms with Crippen molar-refractivity contribution < 1.29 is 18.7 Å². The van der Waals surface area contributed by atoms with Gasteiger partial charge < -0.3 is 15.0 Å². The van der Waals surface area contributed by atoms with Gasteiger partial charge in [-0.2, -0.15) is 0 Å². The maximum atomic E-state index is 13.3. The first-order chi connectivity index (χ1) is 14.6. The van der Waals surface area contributed by atoms with Crippen molar-refractivity contribution in [2.24, 2.45) is 0 Å². The van der Waals surface area contributed by atoms with Gasteiger partial charge in [-0.15, -0.1) is 0 Å². The van der Waals surface area contributed by atoms with Crippen LogP contribution in [0, 0.1) is 26.6 Å². The molecule has 168 valence electrons. The van der Waals surface area contributed by atoms with Gasteiger partial charge in [0, 0.05) is 12.6 Å². The van der Waals surface area contributed by atoms with Crippen LogP contribution < -0.4 is 10.1 Å². The van der Waals surface area contributed by atoms with Crippen LogP contribution in [0.4, 0.5) is 4.39 Å². The van der Waals surface area contributed by atoms with Crippen LogP contribution in [-0.2, 0) is 16.1 Å². The second kappa shape index (κ2) is 10.9. The van der Waals surface area contributed by atoms with E-state index in [1.807, 2.05) is 47.6 Å². The third-order valence-electron chi connectivity index (χ3n) is 5.20. The lowest BCUT2D eigenvalue weighted by Gasteiger charge is -2.31. The summed E-state index contributed by atoms with van der Waals surface area (Å²) in [5, 5.41) is 2.89. The Bertz CT molecular complexity index is 910. The highest BCUT2D eigenvalue weighted by molar-refractivity contribution is 5.88. The number of benzene rings is 2. The highest BCUT2D eigenvalue weighted by Gasteiger charge is 2.29. The molecule has 5 nitrogen and oxygen atoms in total. The summed E-state index contributed by atoms with van der Waals surface area (Å²) >= 11 is 0. The predicted octanol–water partition coefficient (Wildman–Crippen LogP) is 4.46. The molecule has 0 fully saturated rings. The first kappa shape index (κ1) is 24.4. The molecule has 0 saturated carbocycles. The van der Waals surface area contributed by atoms with Crippen molar-refractivity contribution in [2.75, 3.05) is 6.61 Å². The molecule has 0 heterocycles. The molecule has 6 heteroatoms. The third kappa shape index (κ3) is 6.81. The molecule has 31 heavy (non-hydrogen) atoms. The molecule has 0 aliphatic rings. The number of amides is 2. The lowest BCUT2D eigenvalue weighted by Crippen LogP contribution is -2.51. The summed E-state index contributed by atoms with van der Waals surface area (Å²) in [5.74, 6) is -0.198. The average molecular weight is 429 g/mol. The van der Waals surface area contributed by atoms with E-state index in [2.05, 4.69) is 11.4 Å². The van der Waals surface area contributed by atoms with Gasteiger partial charge in [0.15, 0.2) is 6.61 Å². The largest absolute Gasteiger partial charge is 0.483 e. The number of aryl methyl sites for hydroxylation is 2. The first-order valence-electron chi connectivity index (χ1n) is 10.7. The summed E-state index contributed by atoms with van der Waals surface area (Å²) < 4.78 is 19.2. The molecule has 0 spiro atoms. The van der Waals surface area contributed by atoms with Crippen molar-refractivity contribution in [3.05, 3.63) is 64.5 Å². The fraction of sp³-hybridized carbons (Fsp3) is 0.440. The van der Waals surface area contributed by atoms with Crippen molar-refractivity contribution in [3.8, 4) is 5.75 Å². The molecule has 1 unspecified atom stereocenters. The maximum absolute atomic E-state index is 13.3. The zero-order valence-electron chi connectivity index (χ0n) is 19.3. The molecule has 2 aromatic carbocycles. The Morgan fingerprint density at radius 2 is 1.74 bits per heavy atom. The molecule has 0 saturated heterocycles. The van der Waals surface area contributed by atoms with Crippen LogP contribution in [0.1, 0.15) is 49.4 Å². The summed E-state index contributed by atoms with van der Waals surface area (Å²) in [6.07, 6.45) is 0.452. The van der Waals surface area contributed by atoms with Crippen molar-refractivity contribution in [2.45, 2.75) is 66.6 Å². The maximum Gasteiger partial charge on any atom is 0.261 e. The Kier molecular flexibility index (Phi) is 8.60. The molecule has 0 aliphatic carbocycles. The molecule has 1 atom stereocenters. The minimum absolute atomic E-state index is 0.0431. The summed E-state index contributed by atoms with van der Waals surface area (Å²) in [7, 11) is 0. The summed E-state index contributed by atoms with van der Waals surface area (Å²) in [5.41, 5.74) is 3.87. The fourth-order valence-electron chi connectivity index (χ4n) is 3.46. The van der Waals surface area contributed by atoms with E-state index < -0.39 is 6.04 Å². The van der Waals surface area contributed by atoms with Crippen LogP contribution >= 0.6 is 0 Å². The molecule has 2 aromatic rings. The molecule has 0 aromatic heterocycles. The van der Waals surface area contributed by atoms with Gasteiger partial charge in [0.25, 0.3) is 5.91 Å². The van der Waals surface area contributed by atoms with Crippen LogP contribution in [0.5, 0.6) is 5.75 Å². The topological polar surface area (TPSA) is 58.6 Å². The van der Waals surface area contributed by atoms with E-state index in [-0.39, 0.29) is 36.8 Å². The van der Waals surface area contributed by atoms with E-state index in [1.165, 1.54) is 17.0 Å². The zero-order chi connectivity index (χ0) is 23.1. The minimum Gasteiger partial charge on any atom is -0.483 e. The van der Waals surface area contributed by atoms with Crippen molar-refractivity contribution in [1.82, 2.24) is 10.2 Å². The van der Waals surface area contributed by atoms with Gasteiger partial charge in [0.1, 0.15) is 17.6 Å². The minimum atomic E-state index is -0.649. The molecular weight excluding hydrogens is 395 g/mol. The number of nitrogens with one attached hydrogen (secondary N) is 1. The smallest absolute Gasteiger partial charge is 0.261 e. The second-order valence-electron chi connectivity index (χ2n) is 8.23. The van der Waals surface area contributed by atoms with Gasteiger partial charge >= 0.3 is 0 Å². The Balaban J connectivity index is 2.26. The molecule has 2 amide bonds. The zero-order valence-corrected chi connectivity index (χ0v) is 19.3. The van der Waals surface area contributed by atoms with E-state index >= 15 is 0 Å². The highest BCUT2D eigenvalue weighted by Crippen LogP contribution is 2.23. The number of halogens is 1. The van der Waals surface area contributed by atoms with E-state index in [1.54, 1.807) is 12.1 Å². The van der Waals surface area contributed by atoms with Gasteiger partial charge in [0.2, 0.25) is 5.91 Å². The first-order valence-corrected chi connectivity index (χ1v) is 10.7. The summed E-state index contributed by atoms with van der Waals surface area (Å²) in [4.78, 5) is 27.5. The number of carbonyl (C=O) groups excluding carboxylic acids is 2. The number of carbonyl (C=O) groups is 2. The number of nitrogens with zero attached hydrogens (tertiary/aromatic N) is 1. The van der Waals surface area contributed by atoms with Crippen molar-refractivity contribution >= 4 is 11.8 Å². The Labute approximate surface area is 184 Å². The van der Waals surface area contributed by atoms with Gasteiger partial charge in [-0.25, -0.2) is 4.39 Å². The average Bonchev–Trinajstić information content (AvgIpc) is 2.70. The Hall–Kier alpha value is -2.89. The van der Waals surface area contributed by atoms with Gasteiger partial charge in [-0.05, 0) is 81.5 Å². The predicted molar refractivity (Wildman–Crippen MR) is 120 cm³/mol. The molecule has 1 N–H and O–H groups in total. The van der Waals surface area contributed by atoms with Crippen LogP contribution in [-0.4, -0.2) is 35.4 Å². The molecule has 0 radical (unpaired) electrons. The van der Waals surface area contributed by atoms with Gasteiger partial charge in [-0.1, -0.05) is 25.1 Å². The van der Waals surface area contributed by atoms with Crippen molar-refractivity contribution in [1.29, 1.82) is 0 Å². The van der Waals surface area contributed by atoms with Crippen molar-refractivity contribution in [3.63, 3.8) is 0 Å². The van der Waals surface area contributed by atoms with Crippen LogP contribution in [0.2, 0.25) is 0 Å². The molecular formula is C25H33FN2O3. The molecule has 0 bridgehead atoms. The third-order valence-corrected chi connectivity index (χ3v) is 5.20. The Morgan fingerprint density at radius 1 is 1.10 bits per heavy atom. The lowest BCUT2D eigenvalue weighted by molar-refractivity contribution is -0.143. The van der Waals surface area contributed by atoms with E-state index in [0.717, 1.165) is 22.3 Å². The highest BCUT2D eigenvalue weighted by atomic mass is 19.1. The lowest BCUT2D eigenvalue weighted by atomic mass is 10.1. The molecule has 2 rings (SSSR count). The van der Waals surface area contributed by atoms with Crippen LogP contribution in [0.25, 0.3) is 0 Å². The van der Waals surface area contributed by atoms with Crippen LogP contribution in [0.3, 0.4) is 0 Å². The second-order valence-corrected chi connectivity index (χ2v) is 8.23. The summed E-state index contributed by atoms with van der Waals surface area (Å²) in [6, 6.07) is 9.22. The standard InChI is InChI=1S/C25H33FN2O3/c1-7-22(25(30)27-16(2)3)28(14-20-8-10-21(26)11-9-20)24(29)15-31-23-13-17(4)12-18(5)19(23)6/h8-13,16,22H,7,14-15H2,1-6H3,(H,27,30). The SMILES string of the molecule is CCC(C(=O)NC(C)C)N(Cc1ccc(F)cc1)C(=O)COc1cc(C)cc(C)c1C. The number of hydrogen-bond donors (Lipinski definition) is 1. The quantitative estimate of drug-likeness (QED) is 0.641. The normalized spacial score (nSPS) is 11.9. The van der Waals surface area contributed by atoms with E-state index in [4.69, 9.17) is 4.74 Å². The van der Waals surface area contributed by atoms with E-state index in [0.29, 0.717) is 12.2 Å². The summed E-state index contributed by atoms with van der Waals surface area (Å²) in [6.45, 7) is 11.6. The fourth-order valence-corrected chi connectivity index (χ4v) is 3.46. The molecule has 0 aliphatic heterocycles. The monoisotopic (exact) mass is 428 g/mol. The Morgan fingerprint density at radius 3 is 2.32 bits per heavy atom. The van der Waals surface area contributed by atoms with E-state index in [9.17, 15) is 14.0 Å². The number of hydrogen-bond acceptors (Lipinski definition) is 3. The van der Waals surface area contributed by atoms with Gasteiger partial charge in [-0.3, -0.25) is 9.59 Å². The van der Waals surface area contributed by atoms with Crippen LogP contribution in [0.15, 0.2) is 36.4 Å².